The summed E-state index contributed by atoms with van der Waals surface area (Å²) in [7, 11) is 0. The smallest absolute Gasteiger partial charge is 0.237 e. The number of benzene rings is 1. The van der Waals surface area contributed by atoms with Crippen LogP contribution in [0.3, 0.4) is 0 Å². The van der Waals surface area contributed by atoms with E-state index in [2.05, 4.69) is 25.9 Å². The zero-order valence-corrected chi connectivity index (χ0v) is 11.3. The largest absolute Gasteiger partial charge is 0.436 e. The molecule has 0 saturated carbocycles. The molecule has 0 unspecified atom stereocenters. The molecule has 4 nitrogen and oxygen atoms in total. The number of thiocarbonyl (C=S) groups is 1. The Hall–Kier alpha value is -1.60. The summed E-state index contributed by atoms with van der Waals surface area (Å²) in [5.74, 6) is 0.134. The van der Waals surface area contributed by atoms with Crippen LogP contribution in [0.4, 0.5) is 4.39 Å². The van der Waals surface area contributed by atoms with Gasteiger partial charge in [-0.3, -0.25) is 0 Å². The lowest BCUT2D eigenvalue weighted by molar-refractivity contribution is 0.452. The number of nitrogens with zero attached hydrogens (tertiary/aromatic N) is 2. The van der Waals surface area contributed by atoms with E-state index in [0.29, 0.717) is 15.9 Å². The summed E-state index contributed by atoms with van der Waals surface area (Å²) in [6, 6.07) is 4.10. The summed E-state index contributed by atoms with van der Waals surface area (Å²) in [4.78, 5) is 8.09. The van der Waals surface area contributed by atoms with Crippen molar-refractivity contribution < 1.29 is 9.13 Å². The highest BCUT2D eigenvalue weighted by atomic mass is 79.9. The quantitative estimate of drug-likeness (QED) is 0.878. The Kier molecular flexibility index (Phi) is 3.83. The van der Waals surface area contributed by atoms with Crippen molar-refractivity contribution >= 4 is 33.1 Å². The van der Waals surface area contributed by atoms with E-state index in [0.717, 1.165) is 0 Å². The van der Waals surface area contributed by atoms with E-state index in [1.54, 1.807) is 6.07 Å². The third kappa shape index (κ3) is 2.99. The lowest BCUT2D eigenvalue weighted by Gasteiger charge is -2.06. The lowest BCUT2D eigenvalue weighted by atomic mass is 10.3. The van der Waals surface area contributed by atoms with Crippen molar-refractivity contribution in [1.82, 2.24) is 9.97 Å². The number of halogens is 2. The summed E-state index contributed by atoms with van der Waals surface area (Å²) in [6.45, 7) is 0. The van der Waals surface area contributed by atoms with E-state index >= 15 is 0 Å². The standard InChI is InChI=1S/C11H7BrFN3OS/c12-7-2-1-6(13)3-9(7)17-10-5-15-8(4-16-10)11(14)18/h1-5H,(H2,14,18). The molecule has 0 radical (unpaired) electrons. The Morgan fingerprint density at radius 3 is 2.72 bits per heavy atom. The lowest BCUT2D eigenvalue weighted by Crippen LogP contribution is -2.11. The first-order valence-corrected chi connectivity index (χ1v) is 6.01. The van der Waals surface area contributed by atoms with E-state index in [1.165, 1.54) is 24.5 Å². The minimum absolute atomic E-state index is 0.154. The molecule has 7 heteroatoms. The molecule has 0 fully saturated rings. The van der Waals surface area contributed by atoms with Gasteiger partial charge in [-0.05, 0) is 28.1 Å². The van der Waals surface area contributed by atoms with Crippen molar-refractivity contribution in [3.63, 3.8) is 0 Å². The van der Waals surface area contributed by atoms with Crippen molar-refractivity contribution in [2.24, 2.45) is 5.73 Å². The first kappa shape index (κ1) is 12.8. The fourth-order valence-electron chi connectivity index (χ4n) is 1.16. The maximum atomic E-state index is 13.0. The zero-order valence-electron chi connectivity index (χ0n) is 8.93. The molecule has 1 aromatic carbocycles. The van der Waals surface area contributed by atoms with Crippen molar-refractivity contribution in [3.05, 3.63) is 46.6 Å². The van der Waals surface area contributed by atoms with Crippen LogP contribution in [0.25, 0.3) is 0 Å². The molecule has 0 bridgehead atoms. The first-order valence-electron chi connectivity index (χ1n) is 4.81. The van der Waals surface area contributed by atoms with Gasteiger partial charge in [0.1, 0.15) is 22.2 Å². The molecule has 0 amide bonds. The van der Waals surface area contributed by atoms with Gasteiger partial charge in [0.15, 0.2) is 0 Å². The minimum Gasteiger partial charge on any atom is -0.436 e. The van der Waals surface area contributed by atoms with Gasteiger partial charge in [0.05, 0.1) is 16.9 Å². The fourth-order valence-corrected chi connectivity index (χ4v) is 1.60. The maximum Gasteiger partial charge on any atom is 0.237 e. The number of rotatable bonds is 3. The molecule has 1 heterocycles. The van der Waals surface area contributed by atoms with Crippen LogP contribution < -0.4 is 10.5 Å². The second-order valence-corrected chi connectivity index (χ2v) is 4.58. The Morgan fingerprint density at radius 1 is 1.33 bits per heavy atom. The van der Waals surface area contributed by atoms with Crippen LogP contribution in [0.2, 0.25) is 0 Å². The molecule has 1 aromatic heterocycles. The zero-order chi connectivity index (χ0) is 13.1. The minimum atomic E-state index is -0.402. The van der Waals surface area contributed by atoms with E-state index in [1.807, 2.05) is 0 Å². The summed E-state index contributed by atoms with van der Waals surface area (Å²) >= 11 is 8.00. The Bertz CT molecular complexity index is 591. The molecule has 0 saturated heterocycles. The van der Waals surface area contributed by atoms with Gasteiger partial charge in [-0.2, -0.15) is 0 Å². The van der Waals surface area contributed by atoms with Crippen molar-refractivity contribution in [3.8, 4) is 11.6 Å². The Balaban J connectivity index is 2.23. The monoisotopic (exact) mass is 327 g/mol. The van der Waals surface area contributed by atoms with Gasteiger partial charge in [-0.15, -0.1) is 0 Å². The van der Waals surface area contributed by atoms with Crippen LogP contribution in [0, 0.1) is 5.82 Å². The fraction of sp³-hybridized carbons (Fsp3) is 0. The Labute approximate surface area is 116 Å². The van der Waals surface area contributed by atoms with E-state index in [9.17, 15) is 4.39 Å². The first-order chi connectivity index (χ1) is 8.56. The van der Waals surface area contributed by atoms with E-state index in [4.69, 9.17) is 22.7 Å². The molecule has 0 aliphatic carbocycles. The van der Waals surface area contributed by atoms with Crippen LogP contribution in [-0.4, -0.2) is 15.0 Å². The molecule has 0 aliphatic heterocycles. The van der Waals surface area contributed by atoms with Gasteiger partial charge in [0, 0.05) is 6.07 Å². The summed E-state index contributed by atoms with van der Waals surface area (Å²) < 4.78 is 19.0. The van der Waals surface area contributed by atoms with Crippen molar-refractivity contribution in [2.75, 3.05) is 0 Å². The molecule has 0 aliphatic rings. The normalized spacial score (nSPS) is 10.1. The second kappa shape index (κ2) is 5.36. The predicted molar refractivity (Wildman–Crippen MR) is 72.1 cm³/mol. The van der Waals surface area contributed by atoms with Gasteiger partial charge in [0.2, 0.25) is 5.88 Å². The highest BCUT2D eigenvalue weighted by Gasteiger charge is 2.06. The predicted octanol–water partition coefficient (Wildman–Crippen LogP) is 2.80. The van der Waals surface area contributed by atoms with Crippen LogP contribution in [-0.2, 0) is 0 Å². The highest BCUT2D eigenvalue weighted by molar-refractivity contribution is 9.10. The number of hydrogen-bond acceptors (Lipinski definition) is 4. The summed E-state index contributed by atoms with van der Waals surface area (Å²) in [6.07, 6.45) is 2.76. The highest BCUT2D eigenvalue weighted by Crippen LogP contribution is 2.28. The molecule has 0 spiro atoms. The van der Waals surface area contributed by atoms with Crippen LogP contribution >= 0.6 is 28.1 Å². The average Bonchev–Trinajstić information content (AvgIpc) is 2.34. The van der Waals surface area contributed by atoms with Crippen molar-refractivity contribution in [2.45, 2.75) is 0 Å². The second-order valence-electron chi connectivity index (χ2n) is 3.28. The molecule has 0 atom stereocenters. The SMILES string of the molecule is NC(=S)c1cnc(Oc2cc(F)ccc2Br)cn1. The number of ether oxygens (including phenoxy) is 1. The van der Waals surface area contributed by atoms with E-state index in [-0.39, 0.29) is 10.9 Å². The van der Waals surface area contributed by atoms with Gasteiger partial charge in [-0.1, -0.05) is 12.2 Å². The summed E-state index contributed by atoms with van der Waals surface area (Å²) in [5.41, 5.74) is 5.79. The van der Waals surface area contributed by atoms with Crippen molar-refractivity contribution in [1.29, 1.82) is 0 Å². The number of aromatic nitrogens is 2. The van der Waals surface area contributed by atoms with Gasteiger partial charge in [0.25, 0.3) is 0 Å². The molecular formula is C11H7BrFN3OS. The molecular weight excluding hydrogens is 321 g/mol. The number of nitrogens with two attached hydrogens (primary N) is 1. The van der Waals surface area contributed by atoms with Gasteiger partial charge < -0.3 is 10.5 Å². The van der Waals surface area contributed by atoms with Crippen LogP contribution in [0.15, 0.2) is 35.1 Å². The molecule has 2 rings (SSSR count). The topological polar surface area (TPSA) is 61.0 Å². The van der Waals surface area contributed by atoms with Crippen LogP contribution in [0.1, 0.15) is 5.69 Å². The molecule has 2 aromatic rings. The van der Waals surface area contributed by atoms with Gasteiger partial charge in [-0.25, -0.2) is 14.4 Å². The third-order valence-corrected chi connectivity index (χ3v) is 2.85. The Morgan fingerprint density at radius 2 is 2.11 bits per heavy atom. The summed E-state index contributed by atoms with van der Waals surface area (Å²) in [5, 5.41) is 0. The third-order valence-electron chi connectivity index (χ3n) is 1.99. The maximum absolute atomic E-state index is 13.0. The van der Waals surface area contributed by atoms with Crippen LogP contribution in [0.5, 0.6) is 11.6 Å². The molecule has 18 heavy (non-hydrogen) atoms. The molecule has 2 N–H and O–H groups in total. The van der Waals surface area contributed by atoms with Gasteiger partial charge >= 0.3 is 0 Å². The molecule has 92 valence electrons. The number of hydrogen-bond donors (Lipinski definition) is 1. The average molecular weight is 328 g/mol. The van der Waals surface area contributed by atoms with E-state index < -0.39 is 5.82 Å².